The molecule has 0 aliphatic heterocycles. The number of Topliss-reactive ketones (excluding diaryl/α,β-unsaturated/α-hetero) is 2. The normalized spacial score (nSPS) is 29.0. The van der Waals surface area contributed by atoms with Gasteiger partial charge in [0.05, 0.1) is 6.42 Å². The Kier molecular flexibility index (Phi) is 3.47. The van der Waals surface area contributed by atoms with Crippen LogP contribution in [0, 0.1) is 5.41 Å². The summed E-state index contributed by atoms with van der Waals surface area (Å²) in [6.45, 7) is 4.82. The number of carbonyl (C=O) groups excluding carboxylic acids is 3. The van der Waals surface area contributed by atoms with E-state index in [1.807, 2.05) is 0 Å². The number of rotatable bonds is 2. The molecule has 0 saturated heterocycles. The van der Waals surface area contributed by atoms with Gasteiger partial charge in [-0.15, -0.1) is 11.8 Å². The third-order valence-corrected chi connectivity index (χ3v) is 3.93. The Hall–Kier alpha value is -0.840. The molecule has 1 atom stereocenters. The van der Waals surface area contributed by atoms with E-state index >= 15 is 0 Å². The van der Waals surface area contributed by atoms with Crippen LogP contribution in [0.5, 0.6) is 0 Å². The Morgan fingerprint density at radius 2 is 1.88 bits per heavy atom. The van der Waals surface area contributed by atoms with Crippen molar-refractivity contribution in [3.63, 3.8) is 0 Å². The number of hydrogen-bond acceptors (Lipinski definition) is 5. The molecular formula is C11H16O4S. The van der Waals surface area contributed by atoms with Gasteiger partial charge in [0.15, 0.2) is 5.78 Å². The Morgan fingerprint density at radius 1 is 1.31 bits per heavy atom. The molecule has 1 aliphatic carbocycles. The molecule has 0 aromatic rings. The Balaban J connectivity index is 3.05. The van der Waals surface area contributed by atoms with E-state index in [0.717, 1.165) is 0 Å². The summed E-state index contributed by atoms with van der Waals surface area (Å²) in [6.07, 6.45) is 1.81. The van der Waals surface area contributed by atoms with Gasteiger partial charge in [-0.2, -0.15) is 0 Å². The van der Waals surface area contributed by atoms with Crippen LogP contribution < -0.4 is 0 Å². The predicted octanol–water partition coefficient (Wildman–Crippen LogP) is 1.57. The van der Waals surface area contributed by atoms with Crippen molar-refractivity contribution in [1.29, 1.82) is 0 Å². The fourth-order valence-corrected chi connectivity index (χ4v) is 2.86. The van der Waals surface area contributed by atoms with Crippen molar-refractivity contribution < 1.29 is 19.1 Å². The van der Waals surface area contributed by atoms with Gasteiger partial charge < -0.3 is 4.74 Å². The van der Waals surface area contributed by atoms with Gasteiger partial charge in [0.2, 0.25) is 4.93 Å². The van der Waals surface area contributed by atoms with Crippen molar-refractivity contribution in [2.45, 2.75) is 38.5 Å². The average molecular weight is 244 g/mol. The van der Waals surface area contributed by atoms with Crippen LogP contribution >= 0.6 is 11.8 Å². The fourth-order valence-electron chi connectivity index (χ4n) is 1.85. The lowest BCUT2D eigenvalue weighted by molar-refractivity contribution is -0.164. The van der Waals surface area contributed by atoms with E-state index in [-0.39, 0.29) is 24.4 Å². The number of carbonyl (C=O) groups is 3. The molecule has 4 nitrogen and oxygen atoms in total. The Bertz CT molecular complexity index is 348. The molecule has 1 fully saturated rings. The van der Waals surface area contributed by atoms with Gasteiger partial charge in [-0.3, -0.25) is 14.4 Å². The van der Waals surface area contributed by atoms with Crippen molar-refractivity contribution in [1.82, 2.24) is 0 Å². The van der Waals surface area contributed by atoms with E-state index in [1.165, 1.54) is 18.7 Å². The number of ether oxygens (including phenoxy) is 1. The molecule has 16 heavy (non-hydrogen) atoms. The van der Waals surface area contributed by atoms with E-state index in [0.29, 0.717) is 0 Å². The number of ketones is 2. The molecule has 5 heteroatoms. The monoisotopic (exact) mass is 244 g/mol. The maximum atomic E-state index is 11.9. The second kappa shape index (κ2) is 4.20. The highest BCUT2D eigenvalue weighted by Crippen LogP contribution is 2.44. The van der Waals surface area contributed by atoms with E-state index in [4.69, 9.17) is 4.74 Å². The first kappa shape index (κ1) is 13.2. The van der Waals surface area contributed by atoms with Crippen molar-refractivity contribution >= 4 is 29.3 Å². The molecule has 0 N–H and O–H groups in total. The maximum absolute atomic E-state index is 11.9. The molecule has 0 amide bonds. The summed E-state index contributed by atoms with van der Waals surface area (Å²) in [7, 11) is 0. The highest BCUT2D eigenvalue weighted by atomic mass is 32.2. The van der Waals surface area contributed by atoms with E-state index in [1.54, 1.807) is 20.1 Å². The van der Waals surface area contributed by atoms with Gasteiger partial charge in [0, 0.05) is 18.8 Å². The number of thioether (sulfide) groups is 1. The molecule has 1 unspecified atom stereocenters. The van der Waals surface area contributed by atoms with Crippen molar-refractivity contribution in [2.24, 2.45) is 5.41 Å². The Morgan fingerprint density at radius 3 is 2.31 bits per heavy atom. The zero-order valence-corrected chi connectivity index (χ0v) is 10.8. The van der Waals surface area contributed by atoms with Crippen molar-refractivity contribution in [2.75, 3.05) is 6.26 Å². The third kappa shape index (κ3) is 2.29. The molecule has 1 aliphatic rings. The van der Waals surface area contributed by atoms with Crippen LogP contribution in [0.3, 0.4) is 0 Å². The second-order valence-corrected chi connectivity index (χ2v) is 5.70. The topological polar surface area (TPSA) is 60.4 Å². The van der Waals surface area contributed by atoms with Crippen LogP contribution in [0.4, 0.5) is 0 Å². The summed E-state index contributed by atoms with van der Waals surface area (Å²) in [6, 6.07) is 0. The largest absolute Gasteiger partial charge is 0.440 e. The second-order valence-electron chi connectivity index (χ2n) is 4.63. The van der Waals surface area contributed by atoms with Crippen LogP contribution in [-0.2, 0) is 19.1 Å². The maximum Gasteiger partial charge on any atom is 0.304 e. The molecule has 90 valence electrons. The molecule has 0 aromatic carbocycles. The van der Waals surface area contributed by atoms with Gasteiger partial charge in [0.25, 0.3) is 0 Å². The zero-order valence-electron chi connectivity index (χ0n) is 9.96. The summed E-state index contributed by atoms with van der Waals surface area (Å²) in [5, 5.41) is 0. The minimum Gasteiger partial charge on any atom is -0.440 e. The van der Waals surface area contributed by atoms with Crippen LogP contribution in [-0.4, -0.2) is 28.7 Å². The van der Waals surface area contributed by atoms with E-state index in [2.05, 4.69) is 0 Å². The zero-order chi connectivity index (χ0) is 12.6. The summed E-state index contributed by atoms with van der Waals surface area (Å²) < 4.78 is 5.15. The molecular weight excluding hydrogens is 228 g/mol. The third-order valence-electron chi connectivity index (χ3n) is 2.81. The van der Waals surface area contributed by atoms with E-state index < -0.39 is 16.3 Å². The number of esters is 1. The van der Waals surface area contributed by atoms with Gasteiger partial charge in [-0.1, -0.05) is 13.8 Å². The average Bonchev–Trinajstić information content (AvgIpc) is 2.13. The molecule has 0 radical (unpaired) electrons. The standard InChI is InChI=1S/C11H16O4S/c1-7(12)15-11(16-4)6-10(2,3)8(13)5-9(11)14/h5-6H2,1-4H3. The summed E-state index contributed by atoms with van der Waals surface area (Å²) in [4.78, 5) is 33.4. The lowest BCUT2D eigenvalue weighted by atomic mass is 9.74. The SMILES string of the molecule is CSC1(OC(C)=O)CC(C)(C)C(=O)CC1=O. The molecule has 0 heterocycles. The van der Waals surface area contributed by atoms with Gasteiger partial charge in [0.1, 0.15) is 5.78 Å². The quantitative estimate of drug-likeness (QED) is 0.419. The summed E-state index contributed by atoms with van der Waals surface area (Å²) >= 11 is 1.19. The molecule has 1 rings (SSSR count). The summed E-state index contributed by atoms with van der Waals surface area (Å²) in [5.74, 6) is -0.887. The first-order valence-electron chi connectivity index (χ1n) is 5.05. The highest BCUT2D eigenvalue weighted by Gasteiger charge is 2.52. The van der Waals surface area contributed by atoms with E-state index in [9.17, 15) is 14.4 Å². The number of hydrogen-bond donors (Lipinski definition) is 0. The molecule has 0 bridgehead atoms. The minimum atomic E-state index is -1.18. The summed E-state index contributed by atoms with van der Waals surface area (Å²) in [5.41, 5.74) is -0.619. The van der Waals surface area contributed by atoms with Crippen LogP contribution in [0.2, 0.25) is 0 Å². The first-order chi connectivity index (χ1) is 7.23. The van der Waals surface area contributed by atoms with Crippen LogP contribution in [0.25, 0.3) is 0 Å². The molecule has 0 spiro atoms. The van der Waals surface area contributed by atoms with Gasteiger partial charge in [-0.25, -0.2) is 0 Å². The fraction of sp³-hybridized carbons (Fsp3) is 0.727. The van der Waals surface area contributed by atoms with Gasteiger partial charge in [-0.05, 0) is 6.26 Å². The first-order valence-corrected chi connectivity index (χ1v) is 6.27. The van der Waals surface area contributed by atoms with Crippen LogP contribution in [0.15, 0.2) is 0 Å². The predicted molar refractivity (Wildman–Crippen MR) is 61.0 cm³/mol. The Labute approximate surface area is 99.1 Å². The van der Waals surface area contributed by atoms with Gasteiger partial charge >= 0.3 is 5.97 Å². The molecule has 1 saturated carbocycles. The lowest BCUT2D eigenvalue weighted by Gasteiger charge is -2.40. The van der Waals surface area contributed by atoms with Crippen molar-refractivity contribution in [3.05, 3.63) is 0 Å². The smallest absolute Gasteiger partial charge is 0.304 e. The highest BCUT2D eigenvalue weighted by molar-refractivity contribution is 8.00. The minimum absolute atomic E-state index is 0.0886. The van der Waals surface area contributed by atoms with Crippen LogP contribution in [0.1, 0.15) is 33.6 Å². The molecule has 0 aromatic heterocycles. The lowest BCUT2D eigenvalue weighted by Crippen LogP contribution is -2.51. The van der Waals surface area contributed by atoms with Crippen molar-refractivity contribution in [3.8, 4) is 0 Å².